The molecule has 0 atom stereocenters. The van der Waals surface area contributed by atoms with Gasteiger partial charge in [-0.3, -0.25) is 0 Å². The van der Waals surface area contributed by atoms with Crippen molar-refractivity contribution in [1.29, 1.82) is 0 Å². The maximum atomic E-state index is 5.86. The third-order valence-corrected chi connectivity index (χ3v) is 2.05. The van der Waals surface area contributed by atoms with Crippen molar-refractivity contribution in [1.82, 2.24) is 15.1 Å². The Labute approximate surface area is 91.5 Å². The maximum Gasteiger partial charge on any atom is 0.156 e. The fourth-order valence-corrected chi connectivity index (χ4v) is 1.29. The van der Waals surface area contributed by atoms with Crippen LogP contribution in [0.25, 0.3) is 0 Å². The van der Waals surface area contributed by atoms with Crippen molar-refractivity contribution >= 4 is 17.4 Å². The van der Waals surface area contributed by atoms with Crippen molar-refractivity contribution in [3.63, 3.8) is 0 Å². The van der Waals surface area contributed by atoms with Gasteiger partial charge in [0.25, 0.3) is 0 Å². The lowest BCUT2D eigenvalue weighted by molar-refractivity contribution is 0.384. The number of nitrogens with zero attached hydrogens (tertiary/aromatic N) is 3. The summed E-state index contributed by atoms with van der Waals surface area (Å²) in [5, 5.41) is 7.28. The fourth-order valence-electron chi connectivity index (χ4n) is 1.11. The fraction of sp³-hybridized carbons (Fsp3) is 0.222. The van der Waals surface area contributed by atoms with Crippen molar-refractivity contribution in [3.05, 3.63) is 35.1 Å². The molecular formula is C9H9ClN4O. The highest BCUT2D eigenvalue weighted by Crippen LogP contribution is 2.16. The summed E-state index contributed by atoms with van der Waals surface area (Å²) in [6, 6.07) is 1.85. The van der Waals surface area contributed by atoms with Gasteiger partial charge in [0.05, 0.1) is 18.4 Å². The van der Waals surface area contributed by atoms with Crippen LogP contribution in [0.5, 0.6) is 0 Å². The van der Waals surface area contributed by atoms with Gasteiger partial charge in [-0.1, -0.05) is 16.8 Å². The van der Waals surface area contributed by atoms with Gasteiger partial charge in [0, 0.05) is 6.07 Å². The number of anilines is 1. The van der Waals surface area contributed by atoms with Crippen molar-refractivity contribution in [2.24, 2.45) is 0 Å². The van der Waals surface area contributed by atoms with Crippen LogP contribution in [0.2, 0.25) is 5.02 Å². The first-order valence-electron chi connectivity index (χ1n) is 4.37. The number of hydrogen-bond donors (Lipinski definition) is 1. The quantitative estimate of drug-likeness (QED) is 0.864. The summed E-state index contributed by atoms with van der Waals surface area (Å²) in [4.78, 5) is 7.77. The van der Waals surface area contributed by atoms with Crippen LogP contribution in [-0.2, 0) is 6.54 Å². The van der Waals surface area contributed by atoms with Gasteiger partial charge >= 0.3 is 0 Å². The molecule has 78 valence electrons. The Hall–Kier alpha value is -1.62. The average Bonchev–Trinajstić information content (AvgIpc) is 2.63. The third kappa shape index (κ3) is 2.44. The van der Waals surface area contributed by atoms with Crippen molar-refractivity contribution in [3.8, 4) is 0 Å². The zero-order valence-electron chi connectivity index (χ0n) is 8.07. The Morgan fingerprint density at radius 1 is 1.53 bits per heavy atom. The summed E-state index contributed by atoms with van der Waals surface area (Å²) in [6.07, 6.45) is 2.96. The van der Waals surface area contributed by atoms with Gasteiger partial charge in [0.15, 0.2) is 5.76 Å². The highest BCUT2D eigenvalue weighted by molar-refractivity contribution is 6.32. The molecule has 2 aromatic rings. The van der Waals surface area contributed by atoms with E-state index < -0.39 is 0 Å². The number of halogens is 1. The van der Waals surface area contributed by atoms with Crippen molar-refractivity contribution in [2.45, 2.75) is 13.5 Å². The van der Waals surface area contributed by atoms with E-state index in [1.165, 1.54) is 12.5 Å². The molecule has 0 amide bonds. The van der Waals surface area contributed by atoms with E-state index in [4.69, 9.17) is 16.1 Å². The standard InChI is InChI=1S/C9H9ClN4O/c1-6-2-7(15-14-6)3-12-9-8(10)4-11-5-13-9/h2,4-5H,3H2,1H3,(H,11,12,13). The van der Waals surface area contributed by atoms with Crippen LogP contribution in [-0.4, -0.2) is 15.1 Å². The summed E-state index contributed by atoms with van der Waals surface area (Å²) >= 11 is 5.86. The Kier molecular flexibility index (Phi) is 2.82. The first kappa shape index (κ1) is 9.92. The number of aromatic nitrogens is 3. The minimum Gasteiger partial charge on any atom is -0.361 e. The minimum atomic E-state index is 0.480. The van der Waals surface area contributed by atoms with Gasteiger partial charge in [-0.05, 0) is 6.92 Å². The summed E-state index contributed by atoms with van der Waals surface area (Å²) in [6.45, 7) is 2.36. The van der Waals surface area contributed by atoms with E-state index in [1.807, 2.05) is 13.0 Å². The molecule has 2 aromatic heterocycles. The third-order valence-electron chi connectivity index (χ3n) is 1.77. The zero-order chi connectivity index (χ0) is 10.7. The van der Waals surface area contributed by atoms with E-state index in [0.717, 1.165) is 11.5 Å². The molecule has 2 heterocycles. The predicted molar refractivity (Wildman–Crippen MR) is 55.6 cm³/mol. The molecule has 6 heteroatoms. The van der Waals surface area contributed by atoms with E-state index in [9.17, 15) is 0 Å². The second-order valence-electron chi connectivity index (χ2n) is 3.01. The molecule has 0 aliphatic carbocycles. The van der Waals surface area contributed by atoms with Gasteiger partial charge in [-0.15, -0.1) is 0 Å². The molecule has 0 spiro atoms. The molecule has 0 aliphatic rings. The highest BCUT2D eigenvalue weighted by Gasteiger charge is 2.03. The van der Waals surface area contributed by atoms with Crippen molar-refractivity contribution in [2.75, 3.05) is 5.32 Å². The molecule has 0 saturated heterocycles. The number of nitrogens with one attached hydrogen (secondary N) is 1. The summed E-state index contributed by atoms with van der Waals surface area (Å²) in [7, 11) is 0. The van der Waals surface area contributed by atoms with E-state index in [0.29, 0.717) is 17.4 Å². The molecule has 0 bridgehead atoms. The van der Waals surface area contributed by atoms with Crippen LogP contribution >= 0.6 is 11.6 Å². The van der Waals surface area contributed by atoms with E-state index in [1.54, 1.807) is 0 Å². The molecule has 0 radical (unpaired) electrons. The topological polar surface area (TPSA) is 63.8 Å². The van der Waals surface area contributed by atoms with Crippen LogP contribution in [0.4, 0.5) is 5.82 Å². The number of hydrogen-bond acceptors (Lipinski definition) is 5. The van der Waals surface area contributed by atoms with E-state index in [-0.39, 0.29) is 0 Å². The molecular weight excluding hydrogens is 216 g/mol. The van der Waals surface area contributed by atoms with E-state index >= 15 is 0 Å². The monoisotopic (exact) mass is 224 g/mol. The van der Waals surface area contributed by atoms with Crippen LogP contribution in [0.1, 0.15) is 11.5 Å². The van der Waals surface area contributed by atoms with Crippen LogP contribution in [0.15, 0.2) is 23.1 Å². The summed E-state index contributed by atoms with van der Waals surface area (Å²) < 4.78 is 5.03. The molecule has 1 N–H and O–H groups in total. The average molecular weight is 225 g/mol. The largest absolute Gasteiger partial charge is 0.361 e. The molecule has 0 unspecified atom stereocenters. The summed E-state index contributed by atoms with van der Waals surface area (Å²) in [5.41, 5.74) is 0.848. The van der Waals surface area contributed by atoms with Crippen LogP contribution < -0.4 is 5.32 Å². The van der Waals surface area contributed by atoms with Crippen LogP contribution in [0.3, 0.4) is 0 Å². The lowest BCUT2D eigenvalue weighted by atomic mass is 10.4. The molecule has 0 saturated carbocycles. The lowest BCUT2D eigenvalue weighted by Gasteiger charge is -2.03. The first-order chi connectivity index (χ1) is 7.25. The predicted octanol–water partition coefficient (Wildman–Crippen LogP) is 2.04. The normalized spacial score (nSPS) is 10.3. The molecule has 5 nitrogen and oxygen atoms in total. The molecule has 15 heavy (non-hydrogen) atoms. The van der Waals surface area contributed by atoms with Gasteiger partial charge in [0.1, 0.15) is 17.2 Å². The number of aryl methyl sites for hydroxylation is 1. The first-order valence-corrected chi connectivity index (χ1v) is 4.75. The SMILES string of the molecule is Cc1cc(CNc2ncncc2Cl)on1. The van der Waals surface area contributed by atoms with Crippen LogP contribution in [0, 0.1) is 6.92 Å². The highest BCUT2D eigenvalue weighted by atomic mass is 35.5. The molecule has 0 aliphatic heterocycles. The van der Waals surface area contributed by atoms with Gasteiger partial charge in [-0.2, -0.15) is 0 Å². The number of rotatable bonds is 3. The van der Waals surface area contributed by atoms with Crippen molar-refractivity contribution < 1.29 is 4.52 Å². The summed E-state index contributed by atoms with van der Waals surface area (Å²) in [5.74, 6) is 1.32. The molecule has 2 rings (SSSR count). The van der Waals surface area contributed by atoms with Gasteiger partial charge in [0.2, 0.25) is 0 Å². The smallest absolute Gasteiger partial charge is 0.156 e. The minimum absolute atomic E-state index is 0.480. The molecule has 0 fully saturated rings. The van der Waals surface area contributed by atoms with E-state index in [2.05, 4.69) is 20.4 Å². The Morgan fingerprint density at radius 3 is 3.07 bits per heavy atom. The lowest BCUT2D eigenvalue weighted by Crippen LogP contribution is -2.01. The maximum absolute atomic E-state index is 5.86. The Morgan fingerprint density at radius 2 is 2.40 bits per heavy atom. The second-order valence-corrected chi connectivity index (χ2v) is 3.41. The van der Waals surface area contributed by atoms with Gasteiger partial charge in [-0.25, -0.2) is 9.97 Å². The zero-order valence-corrected chi connectivity index (χ0v) is 8.82. The second kappa shape index (κ2) is 4.27. The Bertz CT molecular complexity index is 457. The van der Waals surface area contributed by atoms with Gasteiger partial charge < -0.3 is 9.84 Å². The Balaban J connectivity index is 2.02. The molecule has 0 aromatic carbocycles.